The molecular formula is C124H144N10. The smallest absolute Gasteiger partial charge is 0.118 e. The molecule has 11 heterocycles. The lowest BCUT2D eigenvalue weighted by Crippen LogP contribution is -2.16. The molecule has 690 valence electrons. The minimum atomic E-state index is -0.262. The molecular weight excluding hydrogens is 1630 g/mol. The highest BCUT2D eigenvalue weighted by Gasteiger charge is 2.36. The predicted octanol–water partition coefficient (Wildman–Crippen LogP) is 34.3. The van der Waals surface area contributed by atoms with Crippen LogP contribution in [0.4, 0.5) is 0 Å². The number of nitrogens with zero attached hydrogens (tertiary/aromatic N) is 6. The van der Waals surface area contributed by atoms with Crippen LogP contribution in [0, 0.1) is 0 Å². The number of fused-ring (bicyclic) bond motifs is 22. The molecule has 0 fully saturated rings. The summed E-state index contributed by atoms with van der Waals surface area (Å²) in [5, 5.41) is 0. The van der Waals surface area contributed by atoms with Crippen LogP contribution in [0.25, 0.3) is 181 Å². The molecule has 0 aliphatic carbocycles. The molecule has 4 aliphatic rings. The van der Waals surface area contributed by atoms with Crippen LogP contribution in [0.2, 0.25) is 0 Å². The monoisotopic (exact) mass is 1770 g/mol. The van der Waals surface area contributed by atoms with Gasteiger partial charge < -0.3 is 19.9 Å². The van der Waals surface area contributed by atoms with Gasteiger partial charge in [-0.2, -0.15) is 0 Å². The molecule has 10 heteroatoms. The second-order valence-corrected chi connectivity index (χ2v) is 51.3. The van der Waals surface area contributed by atoms with E-state index in [1.165, 1.54) is 66.8 Å². The van der Waals surface area contributed by atoms with Crippen molar-refractivity contribution in [1.29, 1.82) is 0 Å². The molecule has 0 spiro atoms. The Kier molecular flexibility index (Phi) is 22.3. The van der Waals surface area contributed by atoms with Gasteiger partial charge in [-0.15, -0.1) is 0 Å². The van der Waals surface area contributed by atoms with E-state index in [0.29, 0.717) is 33.8 Å². The molecule has 0 saturated carbocycles. The molecule has 0 unspecified atom stereocenters. The third kappa shape index (κ3) is 18.2. The Labute approximate surface area is 798 Å². The first-order valence-corrected chi connectivity index (χ1v) is 48.7. The van der Waals surface area contributed by atoms with E-state index >= 15 is 0 Å². The van der Waals surface area contributed by atoms with Crippen LogP contribution in [0.5, 0.6) is 0 Å². The minimum absolute atomic E-state index is 0.178. The summed E-state index contributed by atoms with van der Waals surface area (Å²) < 4.78 is 0. The molecule has 4 aliphatic heterocycles. The molecule has 16 bridgehead atoms. The largest absolute Gasteiger partial charge is 0.355 e. The first kappa shape index (κ1) is 93.9. The van der Waals surface area contributed by atoms with Crippen LogP contribution in [-0.4, -0.2) is 49.8 Å². The van der Waals surface area contributed by atoms with E-state index in [4.69, 9.17) is 29.9 Å². The predicted molar refractivity (Wildman–Crippen MR) is 577 cm³/mol. The van der Waals surface area contributed by atoms with Crippen molar-refractivity contribution in [2.75, 3.05) is 0 Å². The average Bonchev–Trinajstić information content (AvgIpc) is 1.56. The van der Waals surface area contributed by atoms with Gasteiger partial charge in [0.1, 0.15) is 28.1 Å². The molecule has 134 heavy (non-hydrogen) atoms. The van der Waals surface area contributed by atoms with E-state index in [0.717, 1.165) is 145 Å². The zero-order chi connectivity index (χ0) is 97.1. The lowest BCUT2D eigenvalue weighted by Gasteiger charge is -2.26. The van der Waals surface area contributed by atoms with Crippen LogP contribution in [-0.2, 0) is 65.0 Å². The van der Waals surface area contributed by atoms with Crippen LogP contribution in [0.3, 0.4) is 0 Å². The van der Waals surface area contributed by atoms with Gasteiger partial charge in [-0.3, -0.25) is 0 Å². The first-order valence-electron chi connectivity index (χ1n) is 48.7. The van der Waals surface area contributed by atoms with Gasteiger partial charge in [0.25, 0.3) is 0 Å². The summed E-state index contributed by atoms with van der Waals surface area (Å²) in [5.41, 5.74) is 40.2. The number of aromatic amines is 4. The van der Waals surface area contributed by atoms with Crippen molar-refractivity contribution in [3.8, 4) is 89.5 Å². The second-order valence-electron chi connectivity index (χ2n) is 51.3. The van der Waals surface area contributed by atoms with E-state index in [1.807, 2.05) is 0 Å². The van der Waals surface area contributed by atoms with Crippen LogP contribution in [0.1, 0.15) is 350 Å². The number of hydrogen-bond donors (Lipinski definition) is 4. The Morgan fingerprint density at radius 3 is 0.731 bits per heavy atom. The van der Waals surface area contributed by atoms with Gasteiger partial charge in [0.2, 0.25) is 0 Å². The summed E-state index contributed by atoms with van der Waals surface area (Å²) in [6.07, 6.45) is 13.4. The minimum Gasteiger partial charge on any atom is -0.355 e. The fourth-order valence-electron chi connectivity index (χ4n) is 18.8. The molecule has 0 amide bonds. The van der Waals surface area contributed by atoms with Crippen molar-refractivity contribution in [1.82, 2.24) is 49.8 Å². The van der Waals surface area contributed by atoms with Crippen molar-refractivity contribution in [3.05, 3.63) is 259 Å². The number of nitrogens with one attached hydrogen (secondary N) is 4. The van der Waals surface area contributed by atoms with E-state index in [9.17, 15) is 0 Å². The maximum Gasteiger partial charge on any atom is 0.118 e. The van der Waals surface area contributed by atoms with E-state index < -0.39 is 0 Å². The molecule has 10 nitrogen and oxygen atoms in total. The third-order valence-corrected chi connectivity index (χ3v) is 27.8. The summed E-state index contributed by atoms with van der Waals surface area (Å²) in [5.74, 6) is 0. The fraction of sp³-hybridized carbons (Fsp3) is 0.387. The zero-order valence-electron chi connectivity index (χ0n) is 87.2. The standard InChI is InChI=1S/C124H144N10/c1-113(2,3)75-49-69(50-76(61-75)114(4,5)6)101-89-39-37-87(125-89)67-99-107-111(109(131-99)105(73-57-83(121(25,26)27)65-84(58-73)122(28,29)30)97-47-45-95(129-97)103(93-43-41-91(101)127-93)71-53-79(117(13,14)15)63-80(54-71)118(16,17)18)134-108-100-68-88-38-40-90(126-88)102(70-51-77(115(7,8)9)62-78(52-70)116(10,11)12)92-42-44-94(128-92)104(72-55-81(119(19,20)21)64-82(56-72)120(22,23)24)96-46-48-98(130-96)106(110(132-100)112(108)133-107)74-59-85(123(31,32)33)66-86(60-74)124(34,35)36/h37-68,125,128-129,132H,1-36H3. The highest BCUT2D eigenvalue weighted by molar-refractivity contribution is 6.13. The van der Waals surface area contributed by atoms with Crippen molar-refractivity contribution in [3.63, 3.8) is 0 Å². The fourth-order valence-corrected chi connectivity index (χ4v) is 18.8. The maximum atomic E-state index is 6.35. The van der Waals surface area contributed by atoms with E-state index in [-0.39, 0.29) is 65.0 Å². The number of hydrogen-bond acceptors (Lipinski definition) is 6. The maximum absolute atomic E-state index is 6.35. The van der Waals surface area contributed by atoms with Gasteiger partial charge in [0, 0.05) is 66.5 Å². The lowest BCUT2D eigenvalue weighted by atomic mass is 9.78. The Hall–Kier alpha value is -11.9. The number of rotatable bonds is 6. The molecule has 0 radical (unpaired) electrons. The summed E-state index contributed by atoms with van der Waals surface area (Å²) in [7, 11) is 0. The van der Waals surface area contributed by atoms with Gasteiger partial charge in [0.15, 0.2) is 0 Å². The topological polar surface area (TPSA) is 140 Å². The van der Waals surface area contributed by atoms with E-state index in [1.54, 1.807) is 0 Å². The SMILES string of the molecule is CC(C)(C)c1cc(-c2c3nc(c(-c4cc(C(C)(C)C)cc(C(C)(C)C)c4)c4ccc([nH]4)c(-c4cc(C(C)(C)C)cc(C(C)(C)C)c4)c4nc(cc5ccc2[nH]5)-c2nc5c6[nH]c(cc7nc(c(-c8cc(C(C)(C)C)cc(C(C)(C)C)c8)c8ccc([nH]8)c(-c8cc(C(C)(C)C)cc(C(C)(C)C)c8)c8nc(c6-c6cc(C(C)(C)C)cc(C(C)(C)C)c6)C=C8)C=C7)c5nc2-4)C=C3)cc(C(C)(C)C)c1. The quantitative estimate of drug-likeness (QED) is 0.131. The van der Waals surface area contributed by atoms with Crippen molar-refractivity contribution < 1.29 is 0 Å². The Morgan fingerprint density at radius 1 is 0.179 bits per heavy atom. The van der Waals surface area contributed by atoms with Crippen LogP contribution < -0.4 is 0 Å². The second kappa shape index (κ2) is 31.9. The molecule has 7 aromatic heterocycles. The molecule has 17 rings (SSSR count). The van der Waals surface area contributed by atoms with Gasteiger partial charge >= 0.3 is 0 Å². The molecule has 0 saturated heterocycles. The molecule has 0 atom stereocenters. The van der Waals surface area contributed by atoms with Gasteiger partial charge in [0.05, 0.1) is 50.9 Å². The van der Waals surface area contributed by atoms with Crippen molar-refractivity contribution in [2.45, 2.75) is 314 Å². The third-order valence-electron chi connectivity index (χ3n) is 27.8. The van der Waals surface area contributed by atoms with Gasteiger partial charge in [-0.1, -0.05) is 358 Å². The van der Waals surface area contributed by atoms with Crippen molar-refractivity contribution >= 4 is 91.6 Å². The first-order chi connectivity index (χ1) is 61.9. The highest BCUT2D eigenvalue weighted by Crippen LogP contribution is 2.51. The van der Waals surface area contributed by atoms with Crippen LogP contribution >= 0.6 is 0 Å². The number of aromatic nitrogens is 10. The molecule has 6 aromatic carbocycles. The van der Waals surface area contributed by atoms with Crippen LogP contribution in [0.15, 0.2) is 158 Å². The highest BCUT2D eigenvalue weighted by atomic mass is 15.0. The van der Waals surface area contributed by atoms with Gasteiger partial charge in [-0.25, -0.2) is 29.9 Å². The Morgan fingerprint density at radius 2 is 0.425 bits per heavy atom. The van der Waals surface area contributed by atoms with Crippen molar-refractivity contribution in [2.24, 2.45) is 0 Å². The number of benzene rings is 6. The van der Waals surface area contributed by atoms with Gasteiger partial charge in [-0.05, 0) is 250 Å². The summed E-state index contributed by atoms with van der Waals surface area (Å²) in [6.45, 7) is 83.7. The average molecular weight is 1770 g/mol. The molecule has 4 N–H and O–H groups in total. The summed E-state index contributed by atoms with van der Waals surface area (Å²) in [6, 6.07) is 61.4. The zero-order valence-corrected chi connectivity index (χ0v) is 87.2. The van der Waals surface area contributed by atoms with E-state index in [2.05, 4.69) is 463 Å². The lowest BCUT2D eigenvalue weighted by molar-refractivity contribution is 0.568. The summed E-state index contributed by atoms with van der Waals surface area (Å²) in [4.78, 5) is 53.7. The Bertz CT molecular complexity index is 7300. The summed E-state index contributed by atoms with van der Waals surface area (Å²) >= 11 is 0. The number of H-pyrrole nitrogens is 4. The molecule has 13 aromatic rings. The normalized spacial score (nSPS) is 13.9. The Balaban J connectivity index is 1.11.